The molecular formula is C29H22F6N2O3. The zero-order chi connectivity index (χ0) is 28.8. The third kappa shape index (κ3) is 5.03. The minimum absolute atomic E-state index is 0.0119. The molecular weight excluding hydrogens is 538 g/mol. The van der Waals surface area contributed by atoms with Crippen LogP contribution in [0.4, 0.5) is 37.7 Å². The van der Waals surface area contributed by atoms with E-state index in [2.05, 4.69) is 5.32 Å². The average molecular weight is 560 g/mol. The van der Waals surface area contributed by atoms with Gasteiger partial charge in [-0.3, -0.25) is 14.5 Å². The first-order chi connectivity index (χ1) is 18.9. The molecule has 3 aromatic carbocycles. The van der Waals surface area contributed by atoms with Gasteiger partial charge in [-0.05, 0) is 59.9 Å². The van der Waals surface area contributed by atoms with Gasteiger partial charge in [0.2, 0.25) is 0 Å². The van der Waals surface area contributed by atoms with Crippen molar-refractivity contribution in [3.8, 4) is 5.75 Å². The summed E-state index contributed by atoms with van der Waals surface area (Å²) in [6, 6.07) is 15.0. The molecule has 0 saturated carbocycles. The fourth-order valence-corrected chi connectivity index (χ4v) is 5.23. The maximum Gasteiger partial charge on any atom is 0.471 e. The number of para-hydroxylation sites is 2. The van der Waals surface area contributed by atoms with E-state index in [4.69, 9.17) is 4.74 Å². The van der Waals surface area contributed by atoms with Crippen molar-refractivity contribution in [3.05, 3.63) is 101 Å². The van der Waals surface area contributed by atoms with Crippen molar-refractivity contribution in [2.75, 3.05) is 17.3 Å². The number of hydrogen-bond acceptors (Lipinski definition) is 4. The van der Waals surface area contributed by atoms with E-state index in [1.165, 1.54) is 61.7 Å². The Morgan fingerprint density at radius 3 is 2.10 bits per heavy atom. The molecule has 208 valence electrons. The summed E-state index contributed by atoms with van der Waals surface area (Å²) in [7, 11) is 1.42. The normalized spacial score (nSPS) is 19.4. The number of alkyl halides is 6. The lowest BCUT2D eigenvalue weighted by atomic mass is 9.78. The van der Waals surface area contributed by atoms with Gasteiger partial charge in [0.25, 0.3) is 0 Å². The van der Waals surface area contributed by atoms with Crippen LogP contribution in [0.3, 0.4) is 0 Å². The standard InChI is InChI=1S/C29H22F6N2O3/c1-40-20-12-8-17(9-13-20)26-25-22(36-21-4-2-3-5-23(21)37(26)27(39)29(33,34)35)14-18(15-24(25)38)16-6-10-19(11-7-16)28(30,31)32/h2-13,18,26,36H,14-15H2,1H3/t18-,26-/m1/s1. The molecule has 2 aliphatic rings. The predicted molar refractivity (Wildman–Crippen MR) is 135 cm³/mol. The number of allylic oxidation sites excluding steroid dienone is 1. The minimum Gasteiger partial charge on any atom is -0.497 e. The highest BCUT2D eigenvalue weighted by molar-refractivity contribution is 6.07. The predicted octanol–water partition coefficient (Wildman–Crippen LogP) is 7.18. The number of rotatable bonds is 3. The highest BCUT2D eigenvalue weighted by Crippen LogP contribution is 2.48. The van der Waals surface area contributed by atoms with Crippen LogP contribution in [0.15, 0.2) is 84.1 Å². The van der Waals surface area contributed by atoms with Crippen LogP contribution in [0.2, 0.25) is 0 Å². The fourth-order valence-electron chi connectivity index (χ4n) is 5.23. The summed E-state index contributed by atoms with van der Waals surface area (Å²) >= 11 is 0. The van der Waals surface area contributed by atoms with Crippen molar-refractivity contribution in [1.29, 1.82) is 0 Å². The molecule has 40 heavy (non-hydrogen) atoms. The number of nitrogens with zero attached hydrogens (tertiary/aromatic N) is 1. The first-order valence-electron chi connectivity index (χ1n) is 12.2. The lowest BCUT2D eigenvalue weighted by Crippen LogP contribution is -2.45. The Bertz CT molecular complexity index is 1480. The van der Waals surface area contributed by atoms with Gasteiger partial charge in [-0.25, -0.2) is 0 Å². The number of nitrogens with one attached hydrogen (secondary N) is 1. The van der Waals surface area contributed by atoms with Crippen molar-refractivity contribution in [1.82, 2.24) is 0 Å². The van der Waals surface area contributed by atoms with Gasteiger partial charge in [0.1, 0.15) is 5.75 Å². The van der Waals surface area contributed by atoms with E-state index >= 15 is 0 Å². The maximum absolute atomic E-state index is 14.0. The Morgan fingerprint density at radius 1 is 0.875 bits per heavy atom. The molecule has 1 heterocycles. The SMILES string of the molecule is COc1ccc([C@@H]2C3=C(C[C@@H](c4ccc(C(F)(F)F)cc4)CC3=O)Nc3ccccc3N2C(=O)C(F)(F)F)cc1. The fraction of sp³-hybridized carbons (Fsp3) is 0.241. The van der Waals surface area contributed by atoms with Crippen molar-refractivity contribution in [2.24, 2.45) is 0 Å². The van der Waals surface area contributed by atoms with Crippen LogP contribution in [0.25, 0.3) is 0 Å². The molecule has 5 nitrogen and oxygen atoms in total. The Hall–Kier alpha value is -4.28. The van der Waals surface area contributed by atoms with Crippen molar-refractivity contribution in [3.63, 3.8) is 0 Å². The van der Waals surface area contributed by atoms with E-state index in [0.717, 1.165) is 12.1 Å². The topological polar surface area (TPSA) is 58.6 Å². The van der Waals surface area contributed by atoms with E-state index in [1.54, 1.807) is 6.07 Å². The minimum atomic E-state index is -5.25. The molecule has 0 bridgehead atoms. The highest BCUT2D eigenvalue weighted by Gasteiger charge is 2.50. The smallest absolute Gasteiger partial charge is 0.471 e. The molecule has 1 N–H and O–H groups in total. The Morgan fingerprint density at radius 2 is 1.50 bits per heavy atom. The molecule has 1 aliphatic carbocycles. The van der Waals surface area contributed by atoms with Gasteiger partial charge in [-0.1, -0.05) is 36.4 Å². The van der Waals surface area contributed by atoms with E-state index < -0.39 is 41.6 Å². The van der Waals surface area contributed by atoms with Crippen molar-refractivity contribution < 1.29 is 40.7 Å². The first kappa shape index (κ1) is 27.3. The second-order valence-corrected chi connectivity index (χ2v) is 9.53. The molecule has 1 aliphatic heterocycles. The number of carbonyl (C=O) groups is 2. The summed E-state index contributed by atoms with van der Waals surface area (Å²) < 4.78 is 86.3. The van der Waals surface area contributed by atoms with Crippen molar-refractivity contribution in [2.45, 2.75) is 37.2 Å². The number of ether oxygens (including phenoxy) is 1. The molecule has 0 fully saturated rings. The second kappa shape index (κ2) is 10.0. The molecule has 3 aromatic rings. The van der Waals surface area contributed by atoms with Gasteiger partial charge in [-0.2, -0.15) is 26.3 Å². The maximum atomic E-state index is 14.0. The monoisotopic (exact) mass is 560 g/mol. The molecule has 0 spiro atoms. The largest absolute Gasteiger partial charge is 0.497 e. The first-order valence-corrected chi connectivity index (χ1v) is 12.2. The number of halogens is 6. The summed E-state index contributed by atoms with van der Waals surface area (Å²) in [5.41, 5.74) is 0.306. The summed E-state index contributed by atoms with van der Waals surface area (Å²) in [4.78, 5) is 27.3. The molecule has 0 radical (unpaired) electrons. The molecule has 5 rings (SSSR count). The van der Waals surface area contributed by atoms with Gasteiger partial charge >= 0.3 is 18.3 Å². The molecule has 11 heteroatoms. The second-order valence-electron chi connectivity index (χ2n) is 9.53. The van der Waals surface area contributed by atoms with Crippen LogP contribution in [-0.4, -0.2) is 25.0 Å². The summed E-state index contributed by atoms with van der Waals surface area (Å²) in [5.74, 6) is -2.77. The van der Waals surface area contributed by atoms with E-state index in [-0.39, 0.29) is 35.4 Å². The lowest BCUT2D eigenvalue weighted by molar-refractivity contribution is -0.170. The number of methoxy groups -OCH3 is 1. The number of amides is 1. The van der Waals surface area contributed by atoms with E-state index in [1.807, 2.05) is 0 Å². The van der Waals surface area contributed by atoms with Crippen LogP contribution in [0.5, 0.6) is 5.75 Å². The quantitative estimate of drug-likeness (QED) is 0.345. The zero-order valence-electron chi connectivity index (χ0n) is 20.9. The Labute approximate surface area is 225 Å². The number of ketones is 1. The third-order valence-electron chi connectivity index (χ3n) is 7.09. The molecule has 1 amide bonds. The number of carbonyl (C=O) groups excluding carboxylic acids is 2. The van der Waals surface area contributed by atoms with Crippen LogP contribution >= 0.6 is 0 Å². The molecule has 0 saturated heterocycles. The zero-order valence-corrected chi connectivity index (χ0v) is 20.9. The number of hydrogen-bond donors (Lipinski definition) is 1. The summed E-state index contributed by atoms with van der Waals surface area (Å²) in [5, 5.41) is 3.08. The van der Waals surface area contributed by atoms with Gasteiger partial charge in [0.05, 0.1) is 30.1 Å². The summed E-state index contributed by atoms with van der Waals surface area (Å²) in [6.45, 7) is 0. The van der Waals surface area contributed by atoms with Gasteiger partial charge in [-0.15, -0.1) is 0 Å². The average Bonchev–Trinajstić information content (AvgIpc) is 3.06. The van der Waals surface area contributed by atoms with Gasteiger partial charge < -0.3 is 10.1 Å². The lowest BCUT2D eigenvalue weighted by Gasteiger charge is -2.35. The van der Waals surface area contributed by atoms with Crippen LogP contribution < -0.4 is 15.0 Å². The number of Topliss-reactive ketones (excluding diaryl/α,β-unsaturated/α-hetero) is 1. The third-order valence-corrected chi connectivity index (χ3v) is 7.09. The number of anilines is 2. The highest BCUT2D eigenvalue weighted by atomic mass is 19.4. The Kier molecular flexibility index (Phi) is 6.85. The van der Waals surface area contributed by atoms with Crippen LogP contribution in [0, 0.1) is 0 Å². The van der Waals surface area contributed by atoms with Gasteiger partial charge in [0, 0.05) is 17.7 Å². The molecule has 2 atom stereocenters. The number of benzene rings is 3. The number of fused-ring (bicyclic) bond motifs is 1. The molecule has 0 unspecified atom stereocenters. The van der Waals surface area contributed by atoms with E-state index in [9.17, 15) is 35.9 Å². The molecule has 0 aromatic heterocycles. The van der Waals surface area contributed by atoms with Crippen molar-refractivity contribution >= 4 is 23.1 Å². The Balaban J connectivity index is 1.67. The van der Waals surface area contributed by atoms with Gasteiger partial charge in [0.15, 0.2) is 5.78 Å². The van der Waals surface area contributed by atoms with E-state index in [0.29, 0.717) is 21.9 Å². The van der Waals surface area contributed by atoms with Crippen LogP contribution in [-0.2, 0) is 15.8 Å². The van der Waals surface area contributed by atoms with Crippen LogP contribution in [0.1, 0.15) is 41.5 Å². The summed E-state index contributed by atoms with van der Waals surface area (Å²) in [6.07, 6.45) is -9.81.